The van der Waals surface area contributed by atoms with Crippen LogP contribution in [0.5, 0.6) is 11.5 Å². The van der Waals surface area contributed by atoms with E-state index in [0.717, 1.165) is 5.56 Å². The molecular weight excluding hydrogens is 468 g/mol. The van der Waals surface area contributed by atoms with Gasteiger partial charge in [0.05, 0.1) is 36.1 Å². The van der Waals surface area contributed by atoms with Gasteiger partial charge in [-0.05, 0) is 41.8 Å². The van der Waals surface area contributed by atoms with Crippen LogP contribution in [0.1, 0.15) is 42.6 Å². The van der Waals surface area contributed by atoms with Gasteiger partial charge in [0.15, 0.2) is 0 Å². The highest BCUT2D eigenvalue weighted by molar-refractivity contribution is 6.51. The zero-order valence-corrected chi connectivity index (χ0v) is 20.5. The number of methoxy groups -OCH3 is 2. The number of hydrogen-bond donors (Lipinski definition) is 1. The molecule has 4 rings (SSSR count). The minimum Gasteiger partial charge on any atom is -0.507 e. The van der Waals surface area contributed by atoms with Gasteiger partial charge in [-0.2, -0.15) is 0 Å². The second-order valence-corrected chi connectivity index (χ2v) is 8.76. The topological polar surface area (TPSA) is 89.0 Å². The quantitative estimate of drug-likeness (QED) is 0.277. The minimum absolute atomic E-state index is 0.110. The predicted molar refractivity (Wildman–Crippen MR) is 134 cm³/mol. The van der Waals surface area contributed by atoms with Crippen molar-refractivity contribution < 1.29 is 24.2 Å². The molecule has 1 N–H and O–H groups in total. The fraction of sp³-hybridized carbons (Fsp3) is 0.222. The number of hydrogen-bond acceptors (Lipinski definition) is 6. The number of anilines is 1. The van der Waals surface area contributed by atoms with Crippen LogP contribution in [0.2, 0.25) is 5.02 Å². The normalized spacial score (nSPS) is 17.2. The number of carbonyl (C=O) groups excluding carboxylic acids is 2. The van der Waals surface area contributed by atoms with Crippen molar-refractivity contribution in [1.29, 1.82) is 0 Å². The molecule has 1 amide bonds. The molecular formula is C27H25ClN2O5. The largest absolute Gasteiger partial charge is 0.507 e. The van der Waals surface area contributed by atoms with Crippen LogP contribution in [0.25, 0.3) is 5.76 Å². The van der Waals surface area contributed by atoms with Crippen LogP contribution in [-0.2, 0) is 9.59 Å². The van der Waals surface area contributed by atoms with Gasteiger partial charge in [0.25, 0.3) is 11.7 Å². The number of halogens is 1. The third-order valence-corrected chi connectivity index (χ3v) is 6.27. The maximum absolute atomic E-state index is 13.3. The summed E-state index contributed by atoms with van der Waals surface area (Å²) in [5, 5.41) is 11.6. The summed E-state index contributed by atoms with van der Waals surface area (Å²) in [4.78, 5) is 32.4. The van der Waals surface area contributed by atoms with E-state index in [1.165, 1.54) is 31.3 Å². The van der Waals surface area contributed by atoms with Crippen LogP contribution in [0.3, 0.4) is 0 Å². The van der Waals surface area contributed by atoms with Crippen molar-refractivity contribution in [3.05, 3.63) is 88.2 Å². The van der Waals surface area contributed by atoms with E-state index in [-0.39, 0.29) is 21.9 Å². The van der Waals surface area contributed by atoms with Crippen molar-refractivity contribution in [2.24, 2.45) is 0 Å². The van der Waals surface area contributed by atoms with E-state index in [4.69, 9.17) is 21.1 Å². The van der Waals surface area contributed by atoms with Gasteiger partial charge in [0.2, 0.25) is 0 Å². The molecule has 1 saturated heterocycles. The lowest BCUT2D eigenvalue weighted by molar-refractivity contribution is -0.132. The first kappa shape index (κ1) is 24.3. The molecule has 1 unspecified atom stereocenters. The zero-order valence-electron chi connectivity index (χ0n) is 19.8. The van der Waals surface area contributed by atoms with E-state index >= 15 is 0 Å². The van der Waals surface area contributed by atoms with Crippen molar-refractivity contribution in [1.82, 2.24) is 4.98 Å². The molecule has 2 heterocycles. The number of rotatable bonds is 6. The Kier molecular flexibility index (Phi) is 6.80. The molecule has 1 atom stereocenters. The van der Waals surface area contributed by atoms with Gasteiger partial charge < -0.3 is 14.6 Å². The van der Waals surface area contributed by atoms with E-state index in [9.17, 15) is 14.7 Å². The minimum atomic E-state index is -0.952. The average molecular weight is 493 g/mol. The molecule has 7 nitrogen and oxygen atoms in total. The van der Waals surface area contributed by atoms with Gasteiger partial charge in [-0.1, -0.05) is 43.6 Å². The van der Waals surface area contributed by atoms with Crippen LogP contribution in [0.15, 0.2) is 66.4 Å². The highest BCUT2D eigenvalue weighted by Gasteiger charge is 2.48. The highest BCUT2D eigenvalue weighted by atomic mass is 35.5. The van der Waals surface area contributed by atoms with Crippen molar-refractivity contribution in [3.63, 3.8) is 0 Å². The first-order chi connectivity index (χ1) is 16.8. The summed E-state index contributed by atoms with van der Waals surface area (Å²) in [6, 6.07) is 14.6. The molecule has 180 valence electrons. The number of aliphatic hydroxyl groups is 1. The fourth-order valence-electron chi connectivity index (χ4n) is 4.13. The van der Waals surface area contributed by atoms with E-state index in [0.29, 0.717) is 23.0 Å². The molecule has 35 heavy (non-hydrogen) atoms. The van der Waals surface area contributed by atoms with Crippen molar-refractivity contribution in [2.45, 2.75) is 25.8 Å². The maximum atomic E-state index is 13.3. The second kappa shape index (κ2) is 9.80. The van der Waals surface area contributed by atoms with Crippen LogP contribution >= 0.6 is 11.6 Å². The lowest BCUT2D eigenvalue weighted by atomic mass is 9.97. The van der Waals surface area contributed by atoms with Gasteiger partial charge in [0.1, 0.15) is 23.3 Å². The summed E-state index contributed by atoms with van der Waals surface area (Å²) in [7, 11) is 2.88. The second-order valence-electron chi connectivity index (χ2n) is 8.36. The Morgan fingerprint density at radius 2 is 1.71 bits per heavy atom. The molecule has 0 saturated carbocycles. The molecule has 0 bridgehead atoms. The zero-order chi connectivity index (χ0) is 25.3. The van der Waals surface area contributed by atoms with Crippen LogP contribution in [-0.4, -0.2) is 36.0 Å². The molecule has 1 fully saturated rings. The third kappa shape index (κ3) is 4.35. The van der Waals surface area contributed by atoms with E-state index in [1.807, 2.05) is 12.1 Å². The van der Waals surface area contributed by atoms with Crippen molar-refractivity contribution in [2.75, 3.05) is 19.1 Å². The number of benzene rings is 2. The summed E-state index contributed by atoms with van der Waals surface area (Å²) in [6.45, 7) is 4.14. The fourth-order valence-corrected chi connectivity index (χ4v) is 4.37. The number of aliphatic hydroxyl groups excluding tert-OH is 1. The molecule has 1 aliphatic heterocycles. The summed E-state index contributed by atoms with van der Waals surface area (Å²) < 4.78 is 10.6. The van der Waals surface area contributed by atoms with Crippen LogP contribution in [0.4, 0.5) is 5.69 Å². The number of aromatic nitrogens is 1. The molecule has 2 aromatic carbocycles. The van der Waals surface area contributed by atoms with E-state index in [2.05, 4.69) is 18.8 Å². The maximum Gasteiger partial charge on any atom is 0.300 e. The Balaban J connectivity index is 1.94. The lowest BCUT2D eigenvalue weighted by Gasteiger charge is -2.25. The van der Waals surface area contributed by atoms with Gasteiger partial charge in [-0.15, -0.1) is 0 Å². The average Bonchev–Trinajstić information content (AvgIpc) is 3.14. The summed E-state index contributed by atoms with van der Waals surface area (Å²) in [6.07, 6.45) is 1.57. The van der Waals surface area contributed by atoms with E-state index < -0.39 is 23.5 Å². The Morgan fingerprint density at radius 1 is 1.03 bits per heavy atom. The number of ketones is 1. The SMILES string of the molecule is COc1cc(OC)c(/C(O)=C2\C(=O)C(=O)N(c3ccc(C(C)C)cc3)C2c2ccccn2)cc1Cl. The first-order valence-electron chi connectivity index (χ1n) is 11.0. The monoisotopic (exact) mass is 492 g/mol. The van der Waals surface area contributed by atoms with Crippen molar-refractivity contribution >= 4 is 34.7 Å². The molecule has 0 spiro atoms. The number of pyridine rings is 1. The van der Waals surface area contributed by atoms with Crippen LogP contribution in [0, 0.1) is 0 Å². The van der Waals surface area contributed by atoms with E-state index in [1.54, 1.807) is 36.5 Å². The number of Topliss-reactive ketones (excluding diaryl/α,β-unsaturated/α-hetero) is 1. The Labute approximate surface area is 208 Å². The lowest BCUT2D eigenvalue weighted by Crippen LogP contribution is -2.29. The summed E-state index contributed by atoms with van der Waals surface area (Å²) in [5.74, 6) is -1.14. The summed E-state index contributed by atoms with van der Waals surface area (Å²) in [5.41, 5.74) is 2.09. The molecule has 0 aliphatic carbocycles. The third-order valence-electron chi connectivity index (χ3n) is 5.98. The van der Waals surface area contributed by atoms with Gasteiger partial charge in [-0.3, -0.25) is 19.5 Å². The molecule has 1 aliphatic rings. The molecule has 0 radical (unpaired) electrons. The van der Waals surface area contributed by atoms with Gasteiger partial charge in [0, 0.05) is 18.0 Å². The Hall–Kier alpha value is -3.84. The number of nitrogens with zero attached hydrogens (tertiary/aromatic N) is 2. The highest BCUT2D eigenvalue weighted by Crippen LogP contribution is 2.44. The van der Waals surface area contributed by atoms with Crippen molar-refractivity contribution in [3.8, 4) is 11.5 Å². The molecule has 3 aromatic rings. The number of amides is 1. The Bertz CT molecular complexity index is 1300. The number of ether oxygens (including phenoxy) is 2. The standard InChI is InChI=1S/C27H25ClN2O5/c1-15(2)16-8-10-17(11-9-16)30-24(20-7-5-6-12-29-20)23(26(32)27(30)33)25(31)18-13-19(28)22(35-4)14-21(18)34-3/h5-15,24,31H,1-4H3/b25-23+. The van der Waals surface area contributed by atoms with Crippen LogP contribution < -0.4 is 14.4 Å². The summed E-state index contributed by atoms with van der Waals surface area (Å²) >= 11 is 6.30. The van der Waals surface area contributed by atoms with Gasteiger partial charge in [-0.25, -0.2) is 0 Å². The van der Waals surface area contributed by atoms with Gasteiger partial charge >= 0.3 is 0 Å². The number of carbonyl (C=O) groups is 2. The molecule has 1 aromatic heterocycles. The Morgan fingerprint density at radius 3 is 2.29 bits per heavy atom. The molecule has 8 heteroatoms. The predicted octanol–water partition coefficient (Wildman–Crippen LogP) is 5.50. The smallest absolute Gasteiger partial charge is 0.300 e. The first-order valence-corrected chi connectivity index (χ1v) is 11.4.